The van der Waals surface area contributed by atoms with Crippen LogP contribution in [-0.4, -0.2) is 16.8 Å². The number of nitrogens with one attached hydrogen (secondary N) is 1. The molecule has 108 valence electrons. The van der Waals surface area contributed by atoms with Crippen LogP contribution in [0, 0.1) is 6.92 Å². The van der Waals surface area contributed by atoms with Crippen LogP contribution in [0.4, 0.5) is 0 Å². The molecule has 0 spiro atoms. The summed E-state index contributed by atoms with van der Waals surface area (Å²) in [7, 11) is 3.78. The van der Waals surface area contributed by atoms with Crippen LogP contribution in [0.3, 0.4) is 0 Å². The van der Waals surface area contributed by atoms with Gasteiger partial charge in [-0.05, 0) is 32.2 Å². The Kier molecular flexibility index (Phi) is 5.07. The highest BCUT2D eigenvalue weighted by molar-refractivity contribution is 9.10. The van der Waals surface area contributed by atoms with Crippen molar-refractivity contribution in [1.82, 2.24) is 15.1 Å². The van der Waals surface area contributed by atoms with E-state index in [1.165, 1.54) is 0 Å². The number of benzene rings is 1. The van der Waals surface area contributed by atoms with E-state index in [1.807, 2.05) is 39.2 Å². The van der Waals surface area contributed by atoms with Gasteiger partial charge in [-0.2, -0.15) is 5.10 Å². The largest absolute Gasteiger partial charge is 0.487 e. The molecule has 1 N–H and O–H groups in total. The van der Waals surface area contributed by atoms with Crippen molar-refractivity contribution in [3.8, 4) is 5.75 Å². The fourth-order valence-corrected chi connectivity index (χ4v) is 2.62. The quantitative estimate of drug-likeness (QED) is 0.890. The first-order valence-electron chi connectivity index (χ1n) is 6.26. The Morgan fingerprint density at radius 1 is 1.45 bits per heavy atom. The van der Waals surface area contributed by atoms with Gasteiger partial charge in [0, 0.05) is 23.6 Å². The third-order valence-corrected chi connectivity index (χ3v) is 4.00. The zero-order chi connectivity index (χ0) is 14.7. The van der Waals surface area contributed by atoms with Crippen LogP contribution in [0.25, 0.3) is 0 Å². The monoisotopic (exact) mass is 357 g/mol. The van der Waals surface area contributed by atoms with E-state index in [0.717, 1.165) is 33.7 Å². The van der Waals surface area contributed by atoms with E-state index in [1.54, 1.807) is 4.68 Å². The standard InChI is InChI=1S/C14H17BrClN3O/c1-9-14(16)12(19(3)18-9)8-20-13-5-4-11(15)6-10(13)7-17-2/h4-6,17H,7-8H2,1-3H3. The van der Waals surface area contributed by atoms with Gasteiger partial charge in [-0.1, -0.05) is 27.5 Å². The number of hydrogen-bond acceptors (Lipinski definition) is 3. The first-order chi connectivity index (χ1) is 9.52. The molecule has 0 radical (unpaired) electrons. The van der Waals surface area contributed by atoms with Gasteiger partial charge >= 0.3 is 0 Å². The topological polar surface area (TPSA) is 39.1 Å². The highest BCUT2D eigenvalue weighted by Gasteiger charge is 2.12. The number of aromatic nitrogens is 2. The first-order valence-corrected chi connectivity index (χ1v) is 7.43. The molecule has 0 fully saturated rings. The molecule has 0 bridgehead atoms. The van der Waals surface area contributed by atoms with E-state index < -0.39 is 0 Å². The summed E-state index contributed by atoms with van der Waals surface area (Å²) in [6, 6.07) is 5.96. The van der Waals surface area contributed by atoms with E-state index in [-0.39, 0.29) is 0 Å². The lowest BCUT2D eigenvalue weighted by Crippen LogP contribution is -2.09. The maximum Gasteiger partial charge on any atom is 0.131 e. The van der Waals surface area contributed by atoms with Crippen molar-refractivity contribution in [3.63, 3.8) is 0 Å². The van der Waals surface area contributed by atoms with Crippen LogP contribution in [0.1, 0.15) is 17.0 Å². The molecule has 0 atom stereocenters. The Bertz CT molecular complexity index is 613. The summed E-state index contributed by atoms with van der Waals surface area (Å²) < 4.78 is 8.69. The lowest BCUT2D eigenvalue weighted by molar-refractivity contribution is 0.291. The van der Waals surface area contributed by atoms with Crippen molar-refractivity contribution in [1.29, 1.82) is 0 Å². The summed E-state index contributed by atoms with van der Waals surface area (Å²) in [5, 5.41) is 8.08. The van der Waals surface area contributed by atoms with Crippen LogP contribution in [0.5, 0.6) is 5.75 Å². The van der Waals surface area contributed by atoms with Crippen LogP contribution < -0.4 is 10.1 Å². The van der Waals surface area contributed by atoms with Crippen molar-refractivity contribution >= 4 is 27.5 Å². The molecule has 0 aliphatic heterocycles. The molecule has 1 aromatic carbocycles. The molecule has 20 heavy (non-hydrogen) atoms. The molecular formula is C14H17BrClN3O. The summed E-state index contributed by atoms with van der Waals surface area (Å²) in [4.78, 5) is 0. The van der Waals surface area contributed by atoms with Gasteiger partial charge < -0.3 is 10.1 Å². The zero-order valence-electron chi connectivity index (χ0n) is 11.7. The maximum absolute atomic E-state index is 6.22. The van der Waals surface area contributed by atoms with Crippen LogP contribution in [0.2, 0.25) is 5.02 Å². The van der Waals surface area contributed by atoms with Gasteiger partial charge in [0.2, 0.25) is 0 Å². The maximum atomic E-state index is 6.22. The molecule has 0 saturated carbocycles. The summed E-state index contributed by atoms with van der Waals surface area (Å²) in [6.45, 7) is 3.03. The highest BCUT2D eigenvalue weighted by atomic mass is 79.9. The summed E-state index contributed by atoms with van der Waals surface area (Å²) >= 11 is 9.69. The predicted octanol–water partition coefficient (Wildman–Crippen LogP) is 3.44. The lowest BCUT2D eigenvalue weighted by Gasteiger charge is -2.12. The minimum absolute atomic E-state index is 0.397. The van der Waals surface area contributed by atoms with E-state index in [2.05, 4.69) is 26.3 Å². The van der Waals surface area contributed by atoms with Gasteiger partial charge in [0.1, 0.15) is 12.4 Å². The molecule has 0 aliphatic rings. The molecule has 1 heterocycles. The fraction of sp³-hybridized carbons (Fsp3) is 0.357. The van der Waals surface area contributed by atoms with Gasteiger partial charge in [-0.15, -0.1) is 0 Å². The lowest BCUT2D eigenvalue weighted by atomic mass is 10.2. The second kappa shape index (κ2) is 6.61. The number of halogens is 2. The minimum atomic E-state index is 0.397. The molecule has 0 saturated heterocycles. The Morgan fingerprint density at radius 3 is 2.80 bits per heavy atom. The third-order valence-electron chi connectivity index (χ3n) is 3.02. The summed E-state index contributed by atoms with van der Waals surface area (Å²) in [5.41, 5.74) is 2.79. The third kappa shape index (κ3) is 3.34. The molecule has 0 amide bonds. The Morgan fingerprint density at radius 2 is 2.20 bits per heavy atom. The smallest absolute Gasteiger partial charge is 0.131 e. The Hall–Kier alpha value is -1.04. The first kappa shape index (κ1) is 15.4. The molecule has 1 aromatic heterocycles. The van der Waals surface area contributed by atoms with Crippen molar-refractivity contribution in [3.05, 3.63) is 44.6 Å². The average molecular weight is 359 g/mol. The van der Waals surface area contributed by atoms with Gasteiger partial charge in [0.05, 0.1) is 16.4 Å². The highest BCUT2D eigenvalue weighted by Crippen LogP contribution is 2.26. The number of rotatable bonds is 5. The molecule has 4 nitrogen and oxygen atoms in total. The van der Waals surface area contributed by atoms with Crippen LogP contribution >= 0.6 is 27.5 Å². The van der Waals surface area contributed by atoms with Crippen LogP contribution in [-0.2, 0) is 20.2 Å². The molecule has 0 aliphatic carbocycles. The molecule has 2 rings (SSSR count). The second-order valence-electron chi connectivity index (χ2n) is 4.54. The van der Waals surface area contributed by atoms with Gasteiger partial charge in [0.25, 0.3) is 0 Å². The zero-order valence-corrected chi connectivity index (χ0v) is 14.0. The van der Waals surface area contributed by atoms with Gasteiger partial charge in [-0.25, -0.2) is 0 Å². The Labute approximate surface area is 132 Å². The van der Waals surface area contributed by atoms with Crippen molar-refractivity contribution in [2.45, 2.75) is 20.1 Å². The second-order valence-corrected chi connectivity index (χ2v) is 5.83. The van der Waals surface area contributed by atoms with E-state index >= 15 is 0 Å². The Balaban J connectivity index is 2.18. The SMILES string of the molecule is CNCc1cc(Br)ccc1OCc1c(Cl)c(C)nn1C. The average Bonchev–Trinajstić information content (AvgIpc) is 2.64. The van der Waals surface area contributed by atoms with Crippen molar-refractivity contribution in [2.75, 3.05) is 7.05 Å². The number of ether oxygens (including phenoxy) is 1. The predicted molar refractivity (Wildman–Crippen MR) is 84.2 cm³/mol. The molecular weight excluding hydrogens is 342 g/mol. The molecule has 0 unspecified atom stereocenters. The summed E-state index contributed by atoms with van der Waals surface area (Å²) in [6.07, 6.45) is 0. The van der Waals surface area contributed by atoms with Crippen molar-refractivity contribution < 1.29 is 4.74 Å². The van der Waals surface area contributed by atoms with Gasteiger partial charge in [-0.3, -0.25) is 4.68 Å². The number of hydrogen-bond donors (Lipinski definition) is 1. The van der Waals surface area contributed by atoms with E-state index in [4.69, 9.17) is 16.3 Å². The number of aryl methyl sites for hydroxylation is 2. The summed E-state index contributed by atoms with van der Waals surface area (Å²) in [5.74, 6) is 0.845. The van der Waals surface area contributed by atoms with E-state index in [9.17, 15) is 0 Å². The van der Waals surface area contributed by atoms with Crippen molar-refractivity contribution in [2.24, 2.45) is 7.05 Å². The fourth-order valence-electron chi connectivity index (χ4n) is 2.00. The van der Waals surface area contributed by atoms with Crippen LogP contribution in [0.15, 0.2) is 22.7 Å². The van der Waals surface area contributed by atoms with E-state index in [0.29, 0.717) is 11.6 Å². The van der Waals surface area contributed by atoms with Gasteiger partial charge in [0.15, 0.2) is 0 Å². The molecule has 6 heteroatoms. The molecule has 2 aromatic rings. The number of nitrogens with zero attached hydrogens (tertiary/aromatic N) is 2. The minimum Gasteiger partial charge on any atom is -0.487 e. The normalized spacial score (nSPS) is 10.8.